The summed E-state index contributed by atoms with van der Waals surface area (Å²) < 4.78 is 17.4. The molecule has 128 valence electrons. The Bertz CT molecular complexity index is 1040. The fourth-order valence-electron chi connectivity index (χ4n) is 2.59. The molecule has 2 aromatic carbocycles. The number of anilines is 1. The van der Waals surface area contributed by atoms with Crippen molar-refractivity contribution in [2.75, 3.05) is 5.32 Å². The first kappa shape index (κ1) is 15.8. The van der Waals surface area contributed by atoms with E-state index in [2.05, 4.69) is 15.5 Å². The van der Waals surface area contributed by atoms with Crippen molar-refractivity contribution in [1.82, 2.24) is 19.6 Å². The highest BCUT2D eigenvalue weighted by Crippen LogP contribution is 2.23. The van der Waals surface area contributed by atoms with Gasteiger partial charge in [-0.15, -0.1) is 0 Å². The molecule has 26 heavy (non-hydrogen) atoms. The average molecular weight is 347 g/mol. The number of carbonyl (C=O) groups excluding carboxylic acids is 1. The molecule has 0 bridgehead atoms. The normalized spacial score (nSPS) is 10.7. The van der Waals surface area contributed by atoms with Crippen LogP contribution in [0.1, 0.15) is 10.5 Å². The van der Waals surface area contributed by atoms with Crippen LogP contribution in [0.5, 0.6) is 0 Å². The van der Waals surface area contributed by atoms with Gasteiger partial charge in [0.15, 0.2) is 5.69 Å². The van der Waals surface area contributed by atoms with Crippen LogP contribution in [-0.4, -0.2) is 25.5 Å². The van der Waals surface area contributed by atoms with Crippen LogP contribution in [-0.2, 0) is 0 Å². The van der Waals surface area contributed by atoms with Gasteiger partial charge in [0.1, 0.15) is 11.5 Å². The molecular weight excluding hydrogens is 333 g/mol. The highest BCUT2D eigenvalue weighted by Gasteiger charge is 2.16. The third-order valence-electron chi connectivity index (χ3n) is 3.82. The number of rotatable bonds is 4. The van der Waals surface area contributed by atoms with Gasteiger partial charge in [-0.25, -0.2) is 13.8 Å². The maximum absolute atomic E-state index is 14.3. The number of hydrogen-bond acceptors (Lipinski definition) is 3. The van der Waals surface area contributed by atoms with E-state index in [4.69, 9.17) is 0 Å². The quantitative estimate of drug-likeness (QED) is 0.615. The number of aromatic nitrogens is 4. The van der Waals surface area contributed by atoms with Gasteiger partial charge in [0, 0.05) is 18.6 Å². The summed E-state index contributed by atoms with van der Waals surface area (Å²) in [4.78, 5) is 12.5. The predicted octanol–water partition coefficient (Wildman–Crippen LogP) is 3.45. The Morgan fingerprint density at radius 2 is 1.77 bits per heavy atom. The van der Waals surface area contributed by atoms with Gasteiger partial charge in [-0.3, -0.25) is 4.79 Å². The molecule has 0 unspecified atom stereocenters. The molecule has 0 fully saturated rings. The summed E-state index contributed by atoms with van der Waals surface area (Å²) in [7, 11) is 0. The van der Waals surface area contributed by atoms with Gasteiger partial charge < -0.3 is 5.32 Å². The van der Waals surface area contributed by atoms with E-state index < -0.39 is 11.7 Å². The number of nitrogens with zero attached hydrogens (tertiary/aromatic N) is 4. The topological polar surface area (TPSA) is 64.7 Å². The van der Waals surface area contributed by atoms with Gasteiger partial charge in [0.25, 0.3) is 5.91 Å². The third kappa shape index (κ3) is 2.98. The van der Waals surface area contributed by atoms with Gasteiger partial charge in [-0.2, -0.15) is 10.2 Å². The number of hydrogen-bond donors (Lipinski definition) is 1. The van der Waals surface area contributed by atoms with Crippen LogP contribution in [0.4, 0.5) is 10.1 Å². The molecule has 4 rings (SSSR count). The molecule has 6 nitrogen and oxygen atoms in total. The second-order valence-corrected chi connectivity index (χ2v) is 5.52. The summed E-state index contributed by atoms with van der Waals surface area (Å²) in [6, 6.07) is 17.2. The summed E-state index contributed by atoms with van der Waals surface area (Å²) >= 11 is 0. The Hall–Kier alpha value is -3.74. The Balaban J connectivity index is 1.63. The second kappa shape index (κ2) is 6.64. The minimum Gasteiger partial charge on any atom is -0.316 e. The minimum absolute atomic E-state index is 0.0514. The lowest BCUT2D eigenvalue weighted by Crippen LogP contribution is -2.16. The van der Waals surface area contributed by atoms with E-state index in [1.165, 1.54) is 10.7 Å². The standard InChI is InChI=1S/C19H14FN5O/c20-15-8-4-9-17(25-12-5-11-21-25)18(15)22-19(26)16-10-13-24(23-16)14-6-2-1-3-7-14/h1-13H,(H,22,26). The van der Waals surface area contributed by atoms with Crippen LogP contribution in [0.15, 0.2) is 79.3 Å². The van der Waals surface area contributed by atoms with E-state index in [0.29, 0.717) is 5.69 Å². The van der Waals surface area contributed by atoms with E-state index in [1.54, 1.807) is 47.5 Å². The zero-order chi connectivity index (χ0) is 17.9. The van der Waals surface area contributed by atoms with Crippen LogP contribution in [0, 0.1) is 5.82 Å². The lowest BCUT2D eigenvalue weighted by atomic mass is 10.2. The maximum atomic E-state index is 14.3. The van der Waals surface area contributed by atoms with Crippen molar-refractivity contribution in [1.29, 1.82) is 0 Å². The molecule has 0 atom stereocenters. The Labute approximate surface area is 148 Å². The van der Waals surface area contributed by atoms with Crippen LogP contribution in [0.3, 0.4) is 0 Å². The summed E-state index contributed by atoms with van der Waals surface area (Å²) in [5, 5.41) is 10.9. The summed E-state index contributed by atoms with van der Waals surface area (Å²) in [6.07, 6.45) is 4.94. The second-order valence-electron chi connectivity index (χ2n) is 5.52. The number of halogens is 1. The largest absolute Gasteiger partial charge is 0.316 e. The monoisotopic (exact) mass is 347 g/mol. The van der Waals surface area contributed by atoms with E-state index in [9.17, 15) is 9.18 Å². The Morgan fingerprint density at radius 1 is 0.923 bits per heavy atom. The molecule has 0 saturated heterocycles. The number of nitrogens with one attached hydrogen (secondary N) is 1. The van der Waals surface area contributed by atoms with E-state index >= 15 is 0 Å². The van der Waals surface area contributed by atoms with Crippen molar-refractivity contribution in [3.05, 3.63) is 90.8 Å². The third-order valence-corrected chi connectivity index (χ3v) is 3.82. The average Bonchev–Trinajstić information content (AvgIpc) is 3.36. The molecule has 4 aromatic rings. The molecule has 7 heteroatoms. The molecule has 0 aliphatic heterocycles. The zero-order valence-corrected chi connectivity index (χ0v) is 13.6. The molecule has 0 aliphatic rings. The Morgan fingerprint density at radius 3 is 2.54 bits per heavy atom. The van der Waals surface area contributed by atoms with Gasteiger partial charge in [0.05, 0.1) is 11.4 Å². The van der Waals surface area contributed by atoms with Crippen molar-refractivity contribution in [3.8, 4) is 11.4 Å². The molecule has 1 N–H and O–H groups in total. The van der Waals surface area contributed by atoms with Crippen molar-refractivity contribution in [3.63, 3.8) is 0 Å². The maximum Gasteiger partial charge on any atom is 0.276 e. The molecular formula is C19H14FN5O. The van der Waals surface area contributed by atoms with E-state index in [1.807, 2.05) is 30.3 Å². The van der Waals surface area contributed by atoms with E-state index in [-0.39, 0.29) is 11.4 Å². The molecule has 0 aliphatic carbocycles. The van der Waals surface area contributed by atoms with Gasteiger partial charge in [0.2, 0.25) is 0 Å². The number of amides is 1. The van der Waals surface area contributed by atoms with Gasteiger partial charge in [-0.1, -0.05) is 24.3 Å². The van der Waals surface area contributed by atoms with Crippen LogP contribution >= 0.6 is 0 Å². The van der Waals surface area contributed by atoms with Crippen LogP contribution < -0.4 is 5.32 Å². The van der Waals surface area contributed by atoms with Gasteiger partial charge in [-0.05, 0) is 36.4 Å². The fraction of sp³-hybridized carbons (Fsp3) is 0. The minimum atomic E-state index is -0.547. The Kier molecular flexibility index (Phi) is 4.03. The molecule has 0 radical (unpaired) electrons. The van der Waals surface area contributed by atoms with E-state index in [0.717, 1.165) is 5.69 Å². The fourth-order valence-corrected chi connectivity index (χ4v) is 2.59. The van der Waals surface area contributed by atoms with Gasteiger partial charge >= 0.3 is 0 Å². The predicted molar refractivity (Wildman–Crippen MR) is 95.0 cm³/mol. The highest BCUT2D eigenvalue weighted by molar-refractivity contribution is 6.04. The summed E-state index contributed by atoms with van der Waals surface area (Å²) in [5.41, 5.74) is 1.50. The smallest absolute Gasteiger partial charge is 0.276 e. The number of para-hydroxylation sites is 2. The number of benzene rings is 2. The molecule has 2 heterocycles. The van der Waals surface area contributed by atoms with Crippen molar-refractivity contribution < 1.29 is 9.18 Å². The number of carbonyl (C=O) groups is 1. The molecule has 2 aromatic heterocycles. The molecule has 0 saturated carbocycles. The van der Waals surface area contributed by atoms with Crippen molar-refractivity contribution in [2.24, 2.45) is 0 Å². The first-order chi connectivity index (χ1) is 12.7. The first-order valence-corrected chi connectivity index (χ1v) is 7.93. The lowest BCUT2D eigenvalue weighted by Gasteiger charge is -2.11. The summed E-state index contributed by atoms with van der Waals surface area (Å²) in [5.74, 6) is -1.05. The van der Waals surface area contributed by atoms with Crippen molar-refractivity contribution >= 4 is 11.6 Å². The molecule has 1 amide bonds. The van der Waals surface area contributed by atoms with Crippen molar-refractivity contribution in [2.45, 2.75) is 0 Å². The van der Waals surface area contributed by atoms with Crippen LogP contribution in [0.25, 0.3) is 11.4 Å². The lowest BCUT2D eigenvalue weighted by molar-refractivity contribution is 0.102. The molecule has 0 spiro atoms. The summed E-state index contributed by atoms with van der Waals surface area (Å²) in [6.45, 7) is 0. The highest BCUT2D eigenvalue weighted by atomic mass is 19.1. The zero-order valence-electron chi connectivity index (χ0n) is 13.6. The first-order valence-electron chi connectivity index (χ1n) is 7.93. The SMILES string of the molecule is O=C(Nc1c(F)cccc1-n1cccn1)c1ccn(-c2ccccc2)n1. The van der Waals surface area contributed by atoms with Crippen LogP contribution in [0.2, 0.25) is 0 Å².